The molecule has 4 aliphatic rings. The lowest BCUT2D eigenvalue weighted by molar-refractivity contribution is -0.0939. The molecule has 1 N–H and O–H groups in total. The first kappa shape index (κ1) is 31.3. The maximum absolute atomic E-state index is 14.8. The van der Waals surface area contributed by atoms with E-state index in [2.05, 4.69) is 16.3 Å². The van der Waals surface area contributed by atoms with Crippen molar-refractivity contribution in [2.45, 2.75) is 92.0 Å². The van der Waals surface area contributed by atoms with Gasteiger partial charge < -0.3 is 19.5 Å². The summed E-state index contributed by atoms with van der Waals surface area (Å²) in [4.78, 5) is 15.3. The van der Waals surface area contributed by atoms with Gasteiger partial charge in [-0.1, -0.05) is 18.6 Å². The van der Waals surface area contributed by atoms with Gasteiger partial charge in [0.2, 0.25) is 0 Å². The summed E-state index contributed by atoms with van der Waals surface area (Å²) in [5.74, 6) is 0.869. The van der Waals surface area contributed by atoms with Gasteiger partial charge in [0, 0.05) is 25.0 Å². The molecule has 4 fully saturated rings. The first-order valence-electron chi connectivity index (χ1n) is 16.3. The zero-order chi connectivity index (χ0) is 30.7. The van der Waals surface area contributed by atoms with Gasteiger partial charge >= 0.3 is 6.09 Å². The fraction of sp³-hybridized carbons (Fsp3) is 0.618. The molecule has 3 atom stereocenters. The maximum atomic E-state index is 14.8. The highest BCUT2D eigenvalue weighted by Crippen LogP contribution is 2.55. The van der Waals surface area contributed by atoms with Crippen LogP contribution in [0.15, 0.2) is 53.4 Å². The normalized spacial score (nSPS) is 27.2. The third-order valence-corrected chi connectivity index (χ3v) is 12.6. The van der Waals surface area contributed by atoms with Crippen molar-refractivity contribution in [2.24, 2.45) is 11.8 Å². The molecule has 3 saturated carbocycles. The summed E-state index contributed by atoms with van der Waals surface area (Å²) in [5, 5.41) is 2.91. The monoisotopic (exact) mass is 628 g/mol. The molecule has 0 aromatic heterocycles. The predicted molar refractivity (Wildman–Crippen MR) is 165 cm³/mol. The van der Waals surface area contributed by atoms with Gasteiger partial charge in [0.1, 0.15) is 18.2 Å². The van der Waals surface area contributed by atoms with E-state index in [0.717, 1.165) is 82.9 Å². The van der Waals surface area contributed by atoms with Crippen LogP contribution in [0, 0.1) is 17.7 Å². The van der Waals surface area contributed by atoms with E-state index in [0.29, 0.717) is 29.8 Å². The molecule has 240 valence electrons. The minimum absolute atomic E-state index is 0.0275. The van der Waals surface area contributed by atoms with Crippen LogP contribution in [-0.4, -0.2) is 70.2 Å². The number of carbonyl (C=O) groups excluding carboxylic acids is 1. The van der Waals surface area contributed by atoms with E-state index in [1.165, 1.54) is 13.2 Å². The molecule has 6 rings (SSSR count). The molecule has 3 aliphatic carbocycles. The number of rotatable bonds is 12. The number of hydrogen-bond donors (Lipinski definition) is 1. The van der Waals surface area contributed by atoms with E-state index < -0.39 is 15.9 Å². The van der Waals surface area contributed by atoms with Crippen molar-refractivity contribution in [3.8, 4) is 5.75 Å². The molecule has 1 heterocycles. The highest BCUT2D eigenvalue weighted by Gasteiger charge is 2.56. The van der Waals surface area contributed by atoms with Crippen molar-refractivity contribution < 1.29 is 31.8 Å². The summed E-state index contributed by atoms with van der Waals surface area (Å²) in [7, 11) is -1.80. The third kappa shape index (κ3) is 6.35. The number of carbonyl (C=O) groups is 1. The van der Waals surface area contributed by atoms with Gasteiger partial charge in [-0.2, -0.15) is 0 Å². The Labute approximate surface area is 260 Å². The molecule has 0 bridgehead atoms. The summed E-state index contributed by atoms with van der Waals surface area (Å²) >= 11 is 0. The van der Waals surface area contributed by atoms with Crippen LogP contribution in [0.4, 0.5) is 9.18 Å². The summed E-state index contributed by atoms with van der Waals surface area (Å²) < 4.78 is 56.7. The Bertz CT molecular complexity index is 1390. The van der Waals surface area contributed by atoms with Crippen LogP contribution in [-0.2, 0) is 24.8 Å². The molecule has 0 spiro atoms. The molecule has 10 heteroatoms. The number of halogens is 1. The van der Waals surface area contributed by atoms with Gasteiger partial charge in [0.25, 0.3) is 0 Å². The van der Waals surface area contributed by atoms with Crippen molar-refractivity contribution in [2.75, 3.05) is 33.4 Å². The van der Waals surface area contributed by atoms with Gasteiger partial charge in [-0.3, -0.25) is 4.90 Å². The second kappa shape index (κ2) is 13.3. The van der Waals surface area contributed by atoms with Crippen molar-refractivity contribution >= 4 is 15.9 Å². The molecule has 1 aliphatic heterocycles. The fourth-order valence-electron chi connectivity index (χ4n) is 8.06. The molecule has 0 radical (unpaired) electrons. The largest absolute Gasteiger partial charge is 0.491 e. The highest BCUT2D eigenvalue weighted by atomic mass is 32.2. The average Bonchev–Trinajstić information content (AvgIpc) is 3.78. The van der Waals surface area contributed by atoms with E-state index in [1.54, 1.807) is 30.3 Å². The fourth-order valence-corrected chi connectivity index (χ4v) is 9.72. The Morgan fingerprint density at radius 2 is 1.70 bits per heavy atom. The number of sulfone groups is 1. The molecule has 1 saturated heterocycles. The van der Waals surface area contributed by atoms with Crippen molar-refractivity contribution in [1.29, 1.82) is 0 Å². The SMILES string of the molecule is COC(=O)N[C@H]1CCC[C@@H]1C(c1cccc(F)c1)([C@H]1CC[C@H](OCCOc2ccc(S(=O)(=O)C3CC3)cc2)CC1)N1CCC1. The smallest absolute Gasteiger partial charge is 0.407 e. The van der Waals surface area contributed by atoms with Crippen molar-refractivity contribution in [1.82, 2.24) is 10.2 Å². The number of benzene rings is 2. The molecule has 2 aromatic rings. The number of ether oxygens (including phenoxy) is 3. The van der Waals surface area contributed by atoms with E-state index in [4.69, 9.17) is 14.2 Å². The molecule has 8 nitrogen and oxygen atoms in total. The number of alkyl carbamates (subject to hydrolysis) is 1. The van der Waals surface area contributed by atoms with Crippen molar-refractivity contribution in [3.05, 3.63) is 59.9 Å². The number of nitrogens with zero attached hydrogens (tertiary/aromatic N) is 1. The van der Waals surface area contributed by atoms with Crippen LogP contribution in [0.1, 0.15) is 69.8 Å². The topological polar surface area (TPSA) is 94.2 Å². The Hall–Kier alpha value is -2.69. The summed E-state index contributed by atoms with van der Waals surface area (Å²) in [6, 6.07) is 13.8. The van der Waals surface area contributed by atoms with Gasteiger partial charge in [0.15, 0.2) is 9.84 Å². The van der Waals surface area contributed by atoms with Crippen LogP contribution in [0.25, 0.3) is 0 Å². The minimum Gasteiger partial charge on any atom is -0.491 e. The number of likely N-dealkylation sites (tertiary alicyclic amines) is 1. The predicted octanol–water partition coefficient (Wildman–Crippen LogP) is 5.84. The summed E-state index contributed by atoms with van der Waals surface area (Å²) in [5.41, 5.74) is 0.657. The molecular weight excluding hydrogens is 583 g/mol. The molecule has 1 amide bonds. The van der Waals surface area contributed by atoms with Gasteiger partial charge in [0.05, 0.1) is 35.5 Å². The molecular formula is C34H45FN2O6S. The lowest BCUT2D eigenvalue weighted by Crippen LogP contribution is -2.64. The van der Waals surface area contributed by atoms with Crippen LogP contribution in [0.3, 0.4) is 0 Å². The second-order valence-corrected chi connectivity index (χ2v) is 15.1. The first-order chi connectivity index (χ1) is 21.3. The number of nitrogens with one attached hydrogen (secondary N) is 1. The van der Waals surface area contributed by atoms with Crippen LogP contribution in [0.2, 0.25) is 0 Å². The van der Waals surface area contributed by atoms with Gasteiger partial charge in [-0.15, -0.1) is 0 Å². The third-order valence-electron chi connectivity index (χ3n) is 10.4. The number of amides is 1. The quantitative estimate of drug-likeness (QED) is 0.295. The average molecular weight is 629 g/mol. The van der Waals surface area contributed by atoms with E-state index in [-0.39, 0.29) is 34.7 Å². The lowest BCUT2D eigenvalue weighted by atomic mass is 9.61. The molecule has 2 aromatic carbocycles. The Balaban J connectivity index is 1.10. The van der Waals surface area contributed by atoms with E-state index >= 15 is 0 Å². The van der Waals surface area contributed by atoms with E-state index in [9.17, 15) is 17.6 Å². The number of hydrogen-bond acceptors (Lipinski definition) is 7. The first-order valence-corrected chi connectivity index (χ1v) is 17.8. The van der Waals surface area contributed by atoms with E-state index in [1.807, 2.05) is 6.07 Å². The van der Waals surface area contributed by atoms with Crippen LogP contribution >= 0.6 is 0 Å². The van der Waals surface area contributed by atoms with Crippen LogP contribution < -0.4 is 10.1 Å². The van der Waals surface area contributed by atoms with Gasteiger partial charge in [-0.25, -0.2) is 17.6 Å². The zero-order valence-electron chi connectivity index (χ0n) is 25.6. The maximum Gasteiger partial charge on any atom is 0.407 e. The van der Waals surface area contributed by atoms with Crippen molar-refractivity contribution in [3.63, 3.8) is 0 Å². The van der Waals surface area contributed by atoms with Crippen LogP contribution in [0.5, 0.6) is 5.75 Å². The zero-order valence-corrected chi connectivity index (χ0v) is 26.4. The summed E-state index contributed by atoms with van der Waals surface area (Å²) in [6.45, 7) is 2.78. The minimum atomic E-state index is -3.20. The van der Waals surface area contributed by atoms with Gasteiger partial charge in [-0.05, 0) is 106 Å². The Kier molecular flexibility index (Phi) is 9.50. The second-order valence-electron chi connectivity index (χ2n) is 12.9. The standard InChI is InChI=1S/C34H45FN2O6S/c1-41-33(38)36-32-8-3-7-31(32)34(37-19-4-20-37,25-5-2-6-26(35)23-25)24-9-11-27(12-10-24)42-21-22-43-28-13-15-29(16-14-28)44(39,40)30-17-18-30/h2,5-6,13-16,23-24,27,30-32H,3-4,7-12,17-22H2,1H3,(H,36,38)/t24-,27-,31-,32-,34?/m0/s1. The lowest BCUT2D eigenvalue weighted by Gasteiger charge is -2.59. The molecule has 44 heavy (non-hydrogen) atoms. The summed E-state index contributed by atoms with van der Waals surface area (Å²) in [6.07, 6.45) is 8.94. The number of methoxy groups -OCH3 is 1. The Morgan fingerprint density at radius 3 is 2.34 bits per heavy atom. The molecule has 1 unspecified atom stereocenters. The highest BCUT2D eigenvalue weighted by molar-refractivity contribution is 7.92. The Morgan fingerprint density at radius 1 is 0.955 bits per heavy atom.